The second-order valence-electron chi connectivity index (χ2n) is 7.77. The van der Waals surface area contributed by atoms with Gasteiger partial charge in [0.15, 0.2) is 5.11 Å². The zero-order valence-corrected chi connectivity index (χ0v) is 22.0. The van der Waals surface area contributed by atoms with Crippen LogP contribution in [0.3, 0.4) is 0 Å². The van der Waals surface area contributed by atoms with Crippen LogP contribution in [0.4, 0.5) is 5.69 Å². The highest BCUT2D eigenvalue weighted by Gasteiger charge is 2.40. The number of ether oxygens (including phenoxy) is 3. The van der Waals surface area contributed by atoms with Gasteiger partial charge in [-0.2, -0.15) is 0 Å². The van der Waals surface area contributed by atoms with Crippen LogP contribution in [0.5, 0.6) is 11.5 Å². The number of hydrogen-bond acceptors (Lipinski definition) is 6. The van der Waals surface area contributed by atoms with E-state index in [1.165, 1.54) is 16.9 Å². The number of esters is 1. The molecule has 3 aromatic carbocycles. The summed E-state index contributed by atoms with van der Waals surface area (Å²) in [5.41, 5.74) is 2.47. The maximum Gasteiger partial charge on any atom is 0.325 e. The smallest absolute Gasteiger partial charge is 0.325 e. The van der Waals surface area contributed by atoms with Crippen molar-refractivity contribution >= 4 is 56.9 Å². The summed E-state index contributed by atoms with van der Waals surface area (Å²) in [4.78, 5) is 28.6. The molecule has 0 saturated carbocycles. The number of carbonyl (C=O) groups excluding carboxylic acids is 2. The molecule has 0 atom stereocenters. The second-order valence-corrected chi connectivity index (χ2v) is 9.05. The fraction of sp³-hybridized carbons (Fsp3) is 0.148. The predicted molar refractivity (Wildman–Crippen MR) is 145 cm³/mol. The maximum absolute atomic E-state index is 13.6. The lowest BCUT2D eigenvalue weighted by Gasteiger charge is -2.19. The van der Waals surface area contributed by atoms with Crippen molar-refractivity contribution in [2.75, 3.05) is 25.7 Å². The summed E-state index contributed by atoms with van der Waals surface area (Å²) < 4.78 is 17.1. The highest BCUT2D eigenvalue weighted by atomic mass is 79.9. The van der Waals surface area contributed by atoms with Crippen LogP contribution >= 0.6 is 28.1 Å². The number of benzene rings is 3. The first-order valence-electron chi connectivity index (χ1n) is 11.0. The molecule has 0 N–H and O–H groups in total. The number of nitrogens with zero attached hydrogens (tertiary/aromatic N) is 2. The quantitative estimate of drug-likeness (QED) is 0.211. The van der Waals surface area contributed by atoms with Crippen LogP contribution < -0.4 is 14.4 Å². The molecule has 0 bridgehead atoms. The average Bonchev–Trinajstić information content (AvgIpc) is 3.12. The molecule has 0 radical (unpaired) electrons. The van der Waals surface area contributed by atoms with Crippen molar-refractivity contribution < 1.29 is 23.8 Å². The van der Waals surface area contributed by atoms with E-state index in [0.717, 1.165) is 10.0 Å². The number of hydrogen-bond donors (Lipinski definition) is 0. The van der Waals surface area contributed by atoms with Crippen molar-refractivity contribution in [3.8, 4) is 11.5 Å². The van der Waals surface area contributed by atoms with Crippen LogP contribution in [0.25, 0.3) is 6.08 Å². The molecule has 184 valence electrons. The van der Waals surface area contributed by atoms with E-state index >= 15 is 0 Å². The lowest BCUT2D eigenvalue weighted by molar-refractivity contribution is -0.140. The van der Waals surface area contributed by atoms with Gasteiger partial charge < -0.3 is 19.1 Å². The molecule has 36 heavy (non-hydrogen) atoms. The highest BCUT2D eigenvalue weighted by Crippen LogP contribution is 2.32. The Labute approximate surface area is 223 Å². The molecule has 4 rings (SSSR count). The van der Waals surface area contributed by atoms with Gasteiger partial charge in [0.05, 0.1) is 19.9 Å². The first kappa shape index (κ1) is 25.4. The van der Waals surface area contributed by atoms with Crippen LogP contribution in [-0.4, -0.2) is 42.7 Å². The van der Waals surface area contributed by atoms with Crippen molar-refractivity contribution in [2.24, 2.45) is 0 Å². The molecule has 0 spiro atoms. The normalized spacial score (nSPS) is 14.4. The van der Waals surface area contributed by atoms with Crippen molar-refractivity contribution in [3.63, 3.8) is 0 Å². The van der Waals surface area contributed by atoms with Gasteiger partial charge in [0, 0.05) is 10.0 Å². The standard InChI is InChI=1S/C27H23BrN2O5S/c1-33-22-13-11-21(12-14-22)30-26(32)23(29(27(30)36)16-25(31)34-2)15-19-5-3-4-6-24(19)35-17-18-7-9-20(28)10-8-18/h3-15H,16-17H2,1-2H3/b23-15-. The van der Waals surface area contributed by atoms with Crippen LogP contribution in [0.2, 0.25) is 0 Å². The zero-order chi connectivity index (χ0) is 25.7. The Morgan fingerprint density at radius 3 is 2.36 bits per heavy atom. The molecule has 1 saturated heterocycles. The van der Waals surface area contributed by atoms with E-state index in [2.05, 4.69) is 15.9 Å². The molecular weight excluding hydrogens is 544 g/mol. The minimum atomic E-state index is -0.521. The molecule has 3 aromatic rings. The molecule has 0 aromatic heterocycles. The number of amides is 1. The summed E-state index contributed by atoms with van der Waals surface area (Å²) in [7, 11) is 2.86. The first-order chi connectivity index (χ1) is 17.4. The van der Waals surface area contributed by atoms with E-state index in [0.29, 0.717) is 29.4 Å². The number of anilines is 1. The van der Waals surface area contributed by atoms with E-state index in [9.17, 15) is 9.59 Å². The lowest BCUT2D eigenvalue weighted by atomic mass is 10.1. The molecular formula is C27H23BrN2O5S. The summed E-state index contributed by atoms with van der Waals surface area (Å²) in [6.07, 6.45) is 1.68. The molecule has 1 aliphatic rings. The molecule has 1 amide bonds. The van der Waals surface area contributed by atoms with Gasteiger partial charge in [-0.05, 0) is 66.3 Å². The Hall–Kier alpha value is -3.69. The third kappa shape index (κ3) is 5.58. The van der Waals surface area contributed by atoms with Crippen LogP contribution in [-0.2, 0) is 20.9 Å². The van der Waals surface area contributed by atoms with Gasteiger partial charge in [-0.15, -0.1) is 0 Å². The van der Waals surface area contributed by atoms with Crippen molar-refractivity contribution in [2.45, 2.75) is 6.61 Å². The summed E-state index contributed by atoms with van der Waals surface area (Å²) >= 11 is 9.05. The lowest BCUT2D eigenvalue weighted by Crippen LogP contribution is -2.35. The van der Waals surface area contributed by atoms with Gasteiger partial charge in [0.25, 0.3) is 5.91 Å². The van der Waals surface area contributed by atoms with E-state index in [1.54, 1.807) is 37.5 Å². The van der Waals surface area contributed by atoms with Crippen molar-refractivity contribution in [1.82, 2.24) is 4.90 Å². The predicted octanol–water partition coefficient (Wildman–Crippen LogP) is 5.18. The van der Waals surface area contributed by atoms with Gasteiger partial charge in [-0.1, -0.05) is 46.3 Å². The zero-order valence-electron chi connectivity index (χ0n) is 19.6. The third-order valence-electron chi connectivity index (χ3n) is 5.50. The Balaban J connectivity index is 1.67. The number of methoxy groups -OCH3 is 2. The molecule has 0 aliphatic carbocycles. The van der Waals surface area contributed by atoms with Crippen LogP contribution in [0.1, 0.15) is 11.1 Å². The Bertz CT molecular complexity index is 1310. The maximum atomic E-state index is 13.6. The number of rotatable bonds is 8. The summed E-state index contributed by atoms with van der Waals surface area (Å²) in [5.74, 6) is 0.354. The molecule has 1 heterocycles. The van der Waals surface area contributed by atoms with Gasteiger partial charge in [0.1, 0.15) is 30.3 Å². The summed E-state index contributed by atoms with van der Waals surface area (Å²) in [6, 6.07) is 22.1. The SMILES string of the molecule is COC(=O)CN1C(=S)N(c2ccc(OC)cc2)C(=O)/C1=C/c1ccccc1OCc1ccc(Br)cc1. The number of carbonyl (C=O) groups is 2. The highest BCUT2D eigenvalue weighted by molar-refractivity contribution is 9.10. The van der Waals surface area contributed by atoms with E-state index in [1.807, 2.05) is 48.5 Å². The number of halogens is 1. The molecule has 1 aliphatic heterocycles. The number of thiocarbonyl (C=S) groups is 1. The average molecular weight is 567 g/mol. The van der Waals surface area contributed by atoms with E-state index < -0.39 is 5.97 Å². The molecule has 7 nitrogen and oxygen atoms in total. The molecule has 9 heteroatoms. The van der Waals surface area contributed by atoms with Gasteiger partial charge in [-0.25, -0.2) is 0 Å². The van der Waals surface area contributed by atoms with Crippen LogP contribution in [0.15, 0.2) is 83.0 Å². The Morgan fingerprint density at radius 2 is 1.69 bits per heavy atom. The van der Waals surface area contributed by atoms with E-state index in [-0.39, 0.29) is 23.3 Å². The monoisotopic (exact) mass is 566 g/mol. The molecule has 1 fully saturated rings. The largest absolute Gasteiger partial charge is 0.497 e. The Morgan fingerprint density at radius 1 is 1.00 bits per heavy atom. The minimum Gasteiger partial charge on any atom is -0.497 e. The van der Waals surface area contributed by atoms with Gasteiger partial charge >= 0.3 is 5.97 Å². The topological polar surface area (TPSA) is 68.3 Å². The third-order valence-corrected chi connectivity index (χ3v) is 6.43. The fourth-order valence-electron chi connectivity index (χ4n) is 3.61. The minimum absolute atomic E-state index is 0.176. The van der Waals surface area contributed by atoms with Crippen molar-refractivity contribution in [3.05, 3.63) is 94.1 Å². The fourth-order valence-corrected chi connectivity index (χ4v) is 4.22. The second kappa shape index (κ2) is 11.4. The molecule has 0 unspecified atom stereocenters. The Kier molecular flexibility index (Phi) is 8.02. The summed E-state index contributed by atoms with van der Waals surface area (Å²) in [5, 5.41) is 0.176. The first-order valence-corrected chi connectivity index (χ1v) is 12.2. The van der Waals surface area contributed by atoms with Gasteiger partial charge in [0.2, 0.25) is 0 Å². The number of para-hydroxylation sites is 1. The summed E-state index contributed by atoms with van der Waals surface area (Å²) in [6.45, 7) is 0.144. The van der Waals surface area contributed by atoms with E-state index in [4.69, 9.17) is 26.4 Å². The van der Waals surface area contributed by atoms with Crippen molar-refractivity contribution in [1.29, 1.82) is 0 Å². The van der Waals surface area contributed by atoms with Crippen LogP contribution in [0, 0.1) is 0 Å². The van der Waals surface area contributed by atoms with Gasteiger partial charge in [-0.3, -0.25) is 14.5 Å².